The lowest BCUT2D eigenvalue weighted by molar-refractivity contribution is -0.139. The molecule has 2 aromatic rings. The summed E-state index contributed by atoms with van der Waals surface area (Å²) in [6.45, 7) is 1.67. The van der Waals surface area contributed by atoms with E-state index in [1.165, 1.54) is 12.1 Å². The predicted octanol–water partition coefficient (Wildman–Crippen LogP) is 2.90. The van der Waals surface area contributed by atoms with Crippen LogP contribution in [0, 0.1) is 0 Å². The number of benzene rings is 2. The van der Waals surface area contributed by atoms with Crippen molar-refractivity contribution in [2.24, 2.45) is 0 Å². The SMILES string of the molecule is CC(C(=O)OC(=O)c1ccc(CS(=O)O)cc1)c1ccccc1. The molecule has 5 nitrogen and oxygen atoms in total. The van der Waals surface area contributed by atoms with Crippen molar-refractivity contribution in [1.82, 2.24) is 0 Å². The molecule has 0 bridgehead atoms. The van der Waals surface area contributed by atoms with Crippen LogP contribution in [0.15, 0.2) is 54.6 Å². The molecule has 0 amide bonds. The topological polar surface area (TPSA) is 80.7 Å². The van der Waals surface area contributed by atoms with Crippen molar-refractivity contribution < 1.29 is 23.1 Å². The summed E-state index contributed by atoms with van der Waals surface area (Å²) in [6, 6.07) is 15.1. The largest absolute Gasteiger partial charge is 0.389 e. The lowest BCUT2D eigenvalue weighted by Gasteiger charge is -2.10. The van der Waals surface area contributed by atoms with Gasteiger partial charge in [-0.15, -0.1) is 0 Å². The van der Waals surface area contributed by atoms with Crippen LogP contribution in [0.5, 0.6) is 0 Å². The van der Waals surface area contributed by atoms with Gasteiger partial charge in [0.25, 0.3) is 0 Å². The molecule has 0 saturated heterocycles. The van der Waals surface area contributed by atoms with Crippen LogP contribution in [-0.4, -0.2) is 20.7 Å². The van der Waals surface area contributed by atoms with Crippen LogP contribution in [-0.2, 0) is 26.4 Å². The number of hydrogen-bond donors (Lipinski definition) is 1. The molecule has 0 aliphatic heterocycles. The van der Waals surface area contributed by atoms with E-state index < -0.39 is 28.9 Å². The van der Waals surface area contributed by atoms with Gasteiger partial charge in [-0.2, -0.15) is 0 Å². The van der Waals surface area contributed by atoms with Gasteiger partial charge in [0.2, 0.25) is 0 Å². The second kappa shape index (κ2) is 7.80. The Morgan fingerprint density at radius 1 is 1.09 bits per heavy atom. The lowest BCUT2D eigenvalue weighted by atomic mass is 10.0. The highest BCUT2D eigenvalue weighted by molar-refractivity contribution is 7.78. The highest BCUT2D eigenvalue weighted by Crippen LogP contribution is 2.17. The van der Waals surface area contributed by atoms with E-state index in [-0.39, 0.29) is 11.3 Å². The molecule has 0 aromatic heterocycles. The number of carbonyl (C=O) groups excluding carboxylic acids is 2. The maximum absolute atomic E-state index is 12.0. The summed E-state index contributed by atoms with van der Waals surface area (Å²) in [6.07, 6.45) is 0. The van der Waals surface area contributed by atoms with E-state index in [4.69, 9.17) is 9.29 Å². The van der Waals surface area contributed by atoms with Crippen molar-refractivity contribution in [3.8, 4) is 0 Å². The highest BCUT2D eigenvalue weighted by atomic mass is 32.2. The molecule has 0 spiro atoms. The summed E-state index contributed by atoms with van der Waals surface area (Å²) in [5.41, 5.74) is 1.60. The molecule has 120 valence electrons. The maximum Gasteiger partial charge on any atom is 0.345 e. The molecule has 0 heterocycles. The lowest BCUT2D eigenvalue weighted by Crippen LogP contribution is -2.18. The Bertz CT molecular complexity index is 710. The summed E-state index contributed by atoms with van der Waals surface area (Å²) in [7, 11) is 0. The minimum absolute atomic E-state index is 0.0146. The number of hydrogen-bond acceptors (Lipinski definition) is 4. The molecule has 2 atom stereocenters. The Morgan fingerprint density at radius 2 is 1.70 bits per heavy atom. The number of carbonyl (C=O) groups is 2. The van der Waals surface area contributed by atoms with E-state index in [0.717, 1.165) is 5.56 Å². The third kappa shape index (κ3) is 4.84. The fourth-order valence-electron chi connectivity index (χ4n) is 2.00. The van der Waals surface area contributed by atoms with Gasteiger partial charge in [0.15, 0.2) is 11.1 Å². The zero-order chi connectivity index (χ0) is 16.8. The molecular formula is C17H16O5S. The molecular weight excluding hydrogens is 316 g/mol. The van der Waals surface area contributed by atoms with Gasteiger partial charge in [-0.05, 0) is 30.2 Å². The number of esters is 2. The molecule has 0 saturated carbocycles. The van der Waals surface area contributed by atoms with E-state index in [2.05, 4.69) is 0 Å². The number of rotatable bonds is 5. The van der Waals surface area contributed by atoms with Crippen LogP contribution in [0.25, 0.3) is 0 Å². The van der Waals surface area contributed by atoms with Gasteiger partial charge >= 0.3 is 11.9 Å². The zero-order valence-corrected chi connectivity index (χ0v) is 13.3. The normalized spacial score (nSPS) is 13.1. The molecule has 2 unspecified atom stereocenters. The van der Waals surface area contributed by atoms with Crippen molar-refractivity contribution in [3.05, 3.63) is 71.3 Å². The second-order valence-corrected chi connectivity index (χ2v) is 5.94. The average molecular weight is 332 g/mol. The minimum atomic E-state index is -1.94. The molecule has 6 heteroatoms. The smallest absolute Gasteiger partial charge is 0.345 e. The van der Waals surface area contributed by atoms with Crippen molar-refractivity contribution in [2.75, 3.05) is 0 Å². The predicted molar refractivity (Wildman–Crippen MR) is 86.2 cm³/mol. The fourth-order valence-corrected chi connectivity index (χ4v) is 2.47. The van der Waals surface area contributed by atoms with Gasteiger partial charge in [-0.3, -0.25) is 4.79 Å². The first kappa shape index (κ1) is 17.1. The highest BCUT2D eigenvalue weighted by Gasteiger charge is 2.20. The second-order valence-electron chi connectivity index (χ2n) is 5.00. The molecule has 0 fully saturated rings. The summed E-state index contributed by atoms with van der Waals surface area (Å²) in [5.74, 6) is -1.92. The molecule has 0 aliphatic carbocycles. The van der Waals surface area contributed by atoms with Crippen LogP contribution in [0.2, 0.25) is 0 Å². The Morgan fingerprint density at radius 3 is 2.26 bits per heavy atom. The summed E-state index contributed by atoms with van der Waals surface area (Å²) in [5, 5.41) is 0. The first-order valence-electron chi connectivity index (χ1n) is 6.94. The van der Waals surface area contributed by atoms with Gasteiger partial charge in [0.1, 0.15) is 0 Å². The third-order valence-electron chi connectivity index (χ3n) is 3.33. The molecule has 2 rings (SSSR count). The van der Waals surface area contributed by atoms with Crippen LogP contribution < -0.4 is 0 Å². The monoisotopic (exact) mass is 332 g/mol. The van der Waals surface area contributed by atoms with Gasteiger partial charge in [-0.1, -0.05) is 42.5 Å². The first-order chi connectivity index (χ1) is 11.0. The van der Waals surface area contributed by atoms with Gasteiger partial charge in [0.05, 0.1) is 17.2 Å². The fraction of sp³-hybridized carbons (Fsp3) is 0.176. The molecule has 0 radical (unpaired) electrons. The average Bonchev–Trinajstić information content (AvgIpc) is 2.55. The maximum atomic E-state index is 12.0. The van der Waals surface area contributed by atoms with Crippen molar-refractivity contribution in [3.63, 3.8) is 0 Å². The van der Waals surface area contributed by atoms with Gasteiger partial charge in [-0.25, -0.2) is 9.00 Å². The Balaban J connectivity index is 2.01. The van der Waals surface area contributed by atoms with Crippen molar-refractivity contribution in [2.45, 2.75) is 18.6 Å². The quantitative estimate of drug-likeness (QED) is 0.517. The minimum Gasteiger partial charge on any atom is -0.389 e. The van der Waals surface area contributed by atoms with Crippen LogP contribution in [0.4, 0.5) is 0 Å². The zero-order valence-electron chi connectivity index (χ0n) is 12.5. The van der Waals surface area contributed by atoms with E-state index in [1.54, 1.807) is 31.2 Å². The first-order valence-corrected chi connectivity index (χ1v) is 8.22. The number of ether oxygens (including phenoxy) is 1. The standard InChI is InChI=1S/C17H16O5S/c1-12(14-5-3-2-4-6-14)16(18)22-17(19)15-9-7-13(8-10-15)11-23(20)21/h2-10,12H,11H2,1H3,(H,20,21). The van der Waals surface area contributed by atoms with Crippen LogP contribution >= 0.6 is 0 Å². The van der Waals surface area contributed by atoms with E-state index >= 15 is 0 Å². The van der Waals surface area contributed by atoms with E-state index in [9.17, 15) is 13.8 Å². The third-order valence-corrected chi connectivity index (χ3v) is 3.91. The molecule has 0 aliphatic rings. The summed E-state index contributed by atoms with van der Waals surface area (Å²) in [4.78, 5) is 24.0. The van der Waals surface area contributed by atoms with Crippen molar-refractivity contribution >= 4 is 23.0 Å². The van der Waals surface area contributed by atoms with Gasteiger partial charge in [0, 0.05) is 0 Å². The van der Waals surface area contributed by atoms with Crippen LogP contribution in [0.1, 0.15) is 34.3 Å². The molecule has 1 N–H and O–H groups in total. The van der Waals surface area contributed by atoms with E-state index in [1.807, 2.05) is 18.2 Å². The summed E-state index contributed by atoms with van der Waals surface area (Å²) < 4.78 is 24.4. The van der Waals surface area contributed by atoms with Crippen LogP contribution in [0.3, 0.4) is 0 Å². The Labute approximate surface area is 136 Å². The Kier molecular flexibility index (Phi) is 5.78. The molecule has 23 heavy (non-hydrogen) atoms. The summed E-state index contributed by atoms with van der Waals surface area (Å²) >= 11 is -1.94. The Hall–Kier alpha value is -2.31. The van der Waals surface area contributed by atoms with E-state index in [0.29, 0.717) is 5.56 Å². The molecule has 2 aromatic carbocycles. The van der Waals surface area contributed by atoms with Gasteiger partial charge < -0.3 is 9.29 Å². The van der Waals surface area contributed by atoms with Crippen molar-refractivity contribution in [1.29, 1.82) is 0 Å².